The van der Waals surface area contributed by atoms with Crippen LogP contribution in [0.1, 0.15) is 51.4 Å². The van der Waals surface area contributed by atoms with Crippen LogP contribution < -0.4 is 10.9 Å². The molecule has 0 saturated carbocycles. The van der Waals surface area contributed by atoms with Crippen LogP contribution in [0.5, 0.6) is 0 Å². The molecule has 0 bridgehead atoms. The Morgan fingerprint density at radius 1 is 1.21 bits per heavy atom. The maximum absolute atomic E-state index is 13.3. The van der Waals surface area contributed by atoms with Crippen molar-refractivity contribution in [3.63, 3.8) is 0 Å². The second-order valence-corrected chi connectivity index (χ2v) is 12.1. The van der Waals surface area contributed by atoms with E-state index in [0.29, 0.717) is 23.5 Å². The molecule has 0 unspecified atom stereocenters. The van der Waals surface area contributed by atoms with Crippen LogP contribution in [0.2, 0.25) is 5.02 Å². The fraction of sp³-hybridized carbons (Fsp3) is 0.379. The van der Waals surface area contributed by atoms with Gasteiger partial charge in [-0.2, -0.15) is 4.98 Å². The van der Waals surface area contributed by atoms with Gasteiger partial charge in [0.25, 0.3) is 5.56 Å². The zero-order valence-corrected chi connectivity index (χ0v) is 23.6. The molecule has 1 aliphatic rings. The number of nitrogens with one attached hydrogen (secondary N) is 1. The molecule has 1 N–H and O–H groups in total. The molecule has 0 spiro atoms. The molecule has 4 heterocycles. The van der Waals surface area contributed by atoms with E-state index in [9.17, 15) is 4.79 Å². The largest absolute Gasteiger partial charge is 0.324 e. The van der Waals surface area contributed by atoms with Crippen molar-refractivity contribution in [1.82, 2.24) is 29.2 Å². The second-order valence-electron chi connectivity index (χ2n) is 11.7. The Morgan fingerprint density at radius 2 is 1.97 bits per heavy atom. The van der Waals surface area contributed by atoms with Crippen molar-refractivity contribution >= 4 is 34.3 Å². The summed E-state index contributed by atoms with van der Waals surface area (Å²) in [5, 5.41) is 4.48. The van der Waals surface area contributed by atoms with E-state index < -0.39 is 0 Å². The summed E-state index contributed by atoms with van der Waals surface area (Å²) in [5.74, 6) is 0.381. The molecular formula is C29H34ClN7O. The summed E-state index contributed by atoms with van der Waals surface area (Å²) in [6, 6.07) is 7.91. The number of aromatic nitrogens is 5. The van der Waals surface area contributed by atoms with Gasteiger partial charge in [-0.1, -0.05) is 52.3 Å². The molecule has 9 heteroatoms. The maximum atomic E-state index is 13.3. The molecule has 1 aliphatic heterocycles. The van der Waals surface area contributed by atoms with Crippen LogP contribution in [-0.2, 0) is 23.9 Å². The smallest absolute Gasteiger partial charge is 0.278 e. The lowest BCUT2D eigenvalue weighted by Gasteiger charge is -2.39. The average Bonchev–Trinajstić information content (AvgIpc) is 3.08. The molecule has 0 aliphatic carbocycles. The average molecular weight is 532 g/mol. The Hall–Kier alpha value is -3.49. The fourth-order valence-electron chi connectivity index (χ4n) is 5.45. The number of hydrogen-bond acceptors (Lipinski definition) is 6. The van der Waals surface area contributed by atoms with Gasteiger partial charge in [-0.05, 0) is 42.4 Å². The van der Waals surface area contributed by atoms with Gasteiger partial charge in [0, 0.05) is 52.7 Å². The molecule has 0 fully saturated rings. The summed E-state index contributed by atoms with van der Waals surface area (Å²) >= 11 is 6.79. The van der Waals surface area contributed by atoms with Gasteiger partial charge >= 0.3 is 0 Å². The lowest BCUT2D eigenvalue weighted by atomic mass is 9.78. The number of rotatable bonds is 5. The molecule has 3 aromatic heterocycles. The van der Waals surface area contributed by atoms with Crippen molar-refractivity contribution in [2.24, 2.45) is 0 Å². The Morgan fingerprint density at radius 3 is 2.68 bits per heavy atom. The molecular weight excluding hydrogens is 498 g/mol. The highest BCUT2D eigenvalue weighted by atomic mass is 35.5. The zero-order valence-electron chi connectivity index (χ0n) is 22.8. The molecule has 38 heavy (non-hydrogen) atoms. The Kier molecular flexibility index (Phi) is 6.44. The van der Waals surface area contributed by atoms with Gasteiger partial charge in [-0.15, -0.1) is 6.58 Å². The van der Waals surface area contributed by atoms with E-state index in [1.54, 1.807) is 23.2 Å². The quantitative estimate of drug-likeness (QED) is 0.338. The Labute approximate surface area is 228 Å². The predicted molar refractivity (Wildman–Crippen MR) is 154 cm³/mol. The van der Waals surface area contributed by atoms with Gasteiger partial charge in [0.15, 0.2) is 5.65 Å². The first-order chi connectivity index (χ1) is 17.9. The van der Waals surface area contributed by atoms with Crippen LogP contribution in [0.4, 0.5) is 11.6 Å². The van der Waals surface area contributed by atoms with Crippen LogP contribution in [0, 0.1) is 0 Å². The van der Waals surface area contributed by atoms with Gasteiger partial charge in [-0.3, -0.25) is 9.78 Å². The molecule has 4 aromatic rings. The Bertz CT molecular complexity index is 1610. The summed E-state index contributed by atoms with van der Waals surface area (Å²) in [4.78, 5) is 29.4. The number of pyridine rings is 1. The van der Waals surface area contributed by atoms with Crippen LogP contribution in [0.3, 0.4) is 0 Å². The summed E-state index contributed by atoms with van der Waals surface area (Å²) < 4.78 is 3.44. The molecule has 0 saturated heterocycles. The molecule has 0 atom stereocenters. The standard InChI is InChI=1S/C29H34ClN7O/c1-8-11-36-26(38)21-15-32-27(34-25(21)37(36)20-9-10-31-23(14-20)28(2,3)4)33-19-12-18-16-35(7)17-29(5,6)24(18)22(30)13-19/h8-10,12-15H,1,11,16-17H2,2-7H3,(H,32,33,34). The van der Waals surface area contributed by atoms with Crippen molar-refractivity contribution < 1.29 is 0 Å². The Balaban J connectivity index is 1.62. The summed E-state index contributed by atoms with van der Waals surface area (Å²) in [7, 11) is 2.12. The topological polar surface area (TPSA) is 80.9 Å². The number of hydrogen-bond donors (Lipinski definition) is 1. The number of allylic oxidation sites excluding steroid dienone is 1. The summed E-state index contributed by atoms with van der Waals surface area (Å²) in [6.07, 6.45) is 5.03. The van der Waals surface area contributed by atoms with Crippen molar-refractivity contribution in [3.8, 4) is 5.69 Å². The van der Waals surface area contributed by atoms with Crippen molar-refractivity contribution in [2.75, 3.05) is 18.9 Å². The van der Waals surface area contributed by atoms with Crippen LogP contribution >= 0.6 is 11.6 Å². The SMILES string of the molecule is C=CCn1c(=O)c2cnc(Nc3cc(Cl)c4c(c3)CN(C)CC4(C)C)nc2n1-c1ccnc(C(C)(C)C)c1. The first kappa shape index (κ1) is 26.1. The van der Waals surface area contributed by atoms with E-state index in [4.69, 9.17) is 16.6 Å². The lowest BCUT2D eigenvalue weighted by molar-refractivity contribution is 0.236. The second kappa shape index (κ2) is 9.36. The van der Waals surface area contributed by atoms with E-state index in [1.165, 1.54) is 11.1 Å². The van der Waals surface area contributed by atoms with Gasteiger partial charge in [0.05, 0.1) is 12.2 Å². The summed E-state index contributed by atoms with van der Waals surface area (Å²) in [5.41, 5.74) is 5.00. The highest BCUT2D eigenvalue weighted by molar-refractivity contribution is 6.32. The number of nitrogens with zero attached hydrogens (tertiary/aromatic N) is 6. The first-order valence-corrected chi connectivity index (χ1v) is 13.1. The van der Waals surface area contributed by atoms with Gasteiger partial charge in [0.1, 0.15) is 5.39 Å². The number of anilines is 2. The number of halogens is 1. The molecule has 198 valence electrons. The summed E-state index contributed by atoms with van der Waals surface area (Å²) in [6.45, 7) is 16.7. The van der Waals surface area contributed by atoms with Gasteiger partial charge in [0.2, 0.25) is 5.95 Å². The highest BCUT2D eigenvalue weighted by Crippen LogP contribution is 2.39. The van der Waals surface area contributed by atoms with Crippen molar-refractivity contribution in [1.29, 1.82) is 0 Å². The van der Waals surface area contributed by atoms with E-state index in [-0.39, 0.29) is 16.4 Å². The monoisotopic (exact) mass is 531 g/mol. The third kappa shape index (κ3) is 4.63. The van der Waals surface area contributed by atoms with Crippen molar-refractivity contribution in [2.45, 2.75) is 58.5 Å². The molecule has 0 radical (unpaired) electrons. The third-order valence-corrected chi connectivity index (χ3v) is 7.24. The zero-order chi connectivity index (χ0) is 27.4. The van der Waals surface area contributed by atoms with E-state index in [2.05, 4.69) is 74.5 Å². The minimum Gasteiger partial charge on any atom is -0.324 e. The molecule has 8 nitrogen and oxygen atoms in total. The maximum Gasteiger partial charge on any atom is 0.278 e. The van der Waals surface area contributed by atoms with E-state index in [1.807, 2.05) is 22.9 Å². The number of likely N-dealkylation sites (N-methyl/N-ethyl adjacent to an activating group) is 1. The first-order valence-electron chi connectivity index (χ1n) is 12.7. The predicted octanol–water partition coefficient (Wildman–Crippen LogP) is 5.58. The normalized spacial score (nSPS) is 15.4. The lowest BCUT2D eigenvalue weighted by Crippen LogP contribution is -2.40. The number of fused-ring (bicyclic) bond motifs is 2. The van der Waals surface area contributed by atoms with Crippen molar-refractivity contribution in [3.05, 3.63) is 81.5 Å². The third-order valence-electron chi connectivity index (χ3n) is 6.94. The highest BCUT2D eigenvalue weighted by Gasteiger charge is 2.32. The minimum absolute atomic E-state index is 0.0477. The van der Waals surface area contributed by atoms with Gasteiger partial charge < -0.3 is 10.2 Å². The molecule has 0 amide bonds. The fourth-order valence-corrected chi connectivity index (χ4v) is 5.94. The van der Waals surface area contributed by atoms with Crippen LogP contribution in [-0.4, -0.2) is 42.8 Å². The van der Waals surface area contributed by atoms with Gasteiger partial charge in [-0.25, -0.2) is 14.3 Å². The van der Waals surface area contributed by atoms with E-state index in [0.717, 1.165) is 35.2 Å². The molecule has 5 rings (SSSR count). The molecule has 1 aromatic carbocycles. The minimum atomic E-state index is -0.178. The van der Waals surface area contributed by atoms with Crippen LogP contribution in [0.15, 0.2) is 54.1 Å². The van der Waals surface area contributed by atoms with E-state index >= 15 is 0 Å². The van der Waals surface area contributed by atoms with Crippen LogP contribution in [0.25, 0.3) is 16.7 Å². The number of benzene rings is 1.